The average molecular weight is 213 g/mol. The standard InChI is InChI=1S/C14H31N/c1-6-9-10-14(7-2)13(4)11-12-15(5)8-3/h13-14H,6-12H2,1-5H3. The van der Waals surface area contributed by atoms with Gasteiger partial charge in [0, 0.05) is 0 Å². The Balaban J connectivity index is 3.76. The summed E-state index contributed by atoms with van der Waals surface area (Å²) in [4.78, 5) is 2.42. The van der Waals surface area contributed by atoms with E-state index in [-0.39, 0.29) is 0 Å². The largest absolute Gasteiger partial charge is 0.307 e. The monoisotopic (exact) mass is 213 g/mol. The predicted octanol–water partition coefficient (Wildman–Crippen LogP) is 4.18. The molecule has 92 valence electrons. The van der Waals surface area contributed by atoms with Crippen LogP contribution in [-0.2, 0) is 0 Å². The molecule has 0 aromatic heterocycles. The van der Waals surface area contributed by atoms with Crippen molar-refractivity contribution in [2.75, 3.05) is 20.1 Å². The Hall–Kier alpha value is -0.0400. The fourth-order valence-electron chi connectivity index (χ4n) is 2.18. The van der Waals surface area contributed by atoms with E-state index in [2.05, 4.69) is 39.6 Å². The molecule has 0 heterocycles. The molecule has 15 heavy (non-hydrogen) atoms. The minimum absolute atomic E-state index is 0.899. The van der Waals surface area contributed by atoms with Crippen molar-refractivity contribution in [1.29, 1.82) is 0 Å². The van der Waals surface area contributed by atoms with Crippen LogP contribution in [0.2, 0.25) is 0 Å². The molecular formula is C14H31N. The van der Waals surface area contributed by atoms with Crippen molar-refractivity contribution in [3.05, 3.63) is 0 Å². The quantitative estimate of drug-likeness (QED) is 0.555. The van der Waals surface area contributed by atoms with Crippen LogP contribution >= 0.6 is 0 Å². The van der Waals surface area contributed by atoms with Crippen LogP contribution in [-0.4, -0.2) is 25.0 Å². The van der Waals surface area contributed by atoms with E-state index < -0.39 is 0 Å². The molecule has 2 atom stereocenters. The second-order valence-electron chi connectivity index (χ2n) is 4.97. The summed E-state index contributed by atoms with van der Waals surface area (Å²) in [7, 11) is 2.22. The highest BCUT2D eigenvalue weighted by molar-refractivity contribution is 4.66. The third kappa shape index (κ3) is 6.94. The molecular weight excluding hydrogens is 182 g/mol. The fraction of sp³-hybridized carbons (Fsp3) is 1.00. The summed E-state index contributed by atoms with van der Waals surface area (Å²) >= 11 is 0. The molecule has 0 aromatic carbocycles. The van der Waals surface area contributed by atoms with E-state index in [1.165, 1.54) is 45.2 Å². The highest BCUT2D eigenvalue weighted by atomic mass is 15.1. The molecule has 0 bridgehead atoms. The summed E-state index contributed by atoms with van der Waals surface area (Å²) in [6, 6.07) is 0. The summed E-state index contributed by atoms with van der Waals surface area (Å²) in [6.07, 6.45) is 6.91. The molecule has 0 saturated carbocycles. The molecule has 0 aliphatic heterocycles. The zero-order valence-corrected chi connectivity index (χ0v) is 11.6. The second-order valence-corrected chi connectivity index (χ2v) is 4.97. The SMILES string of the molecule is CCCCC(CC)C(C)CCN(C)CC. The van der Waals surface area contributed by atoms with Crippen LogP contribution in [0.3, 0.4) is 0 Å². The Morgan fingerprint density at radius 1 is 1.07 bits per heavy atom. The predicted molar refractivity (Wildman–Crippen MR) is 70.3 cm³/mol. The molecule has 2 unspecified atom stereocenters. The minimum Gasteiger partial charge on any atom is -0.307 e. The van der Waals surface area contributed by atoms with Gasteiger partial charge >= 0.3 is 0 Å². The highest BCUT2D eigenvalue weighted by Gasteiger charge is 2.14. The van der Waals surface area contributed by atoms with Crippen LogP contribution in [0, 0.1) is 11.8 Å². The van der Waals surface area contributed by atoms with Gasteiger partial charge in [-0.05, 0) is 38.4 Å². The van der Waals surface area contributed by atoms with Gasteiger partial charge in [0.1, 0.15) is 0 Å². The van der Waals surface area contributed by atoms with Gasteiger partial charge in [-0.1, -0.05) is 53.4 Å². The Bertz CT molecular complexity index is 133. The van der Waals surface area contributed by atoms with Gasteiger partial charge < -0.3 is 4.90 Å². The summed E-state index contributed by atoms with van der Waals surface area (Å²) in [5.41, 5.74) is 0. The van der Waals surface area contributed by atoms with Crippen LogP contribution in [0.1, 0.15) is 59.8 Å². The number of rotatable bonds is 9. The van der Waals surface area contributed by atoms with E-state index in [0.717, 1.165) is 11.8 Å². The van der Waals surface area contributed by atoms with Crippen molar-refractivity contribution in [3.63, 3.8) is 0 Å². The normalized spacial score (nSPS) is 15.6. The lowest BCUT2D eigenvalue weighted by Gasteiger charge is -2.24. The van der Waals surface area contributed by atoms with Crippen molar-refractivity contribution >= 4 is 0 Å². The smallest absolute Gasteiger partial charge is 0.00193 e. The molecule has 0 radical (unpaired) electrons. The molecule has 0 amide bonds. The number of nitrogens with zero attached hydrogens (tertiary/aromatic N) is 1. The molecule has 0 N–H and O–H groups in total. The maximum Gasteiger partial charge on any atom is -0.00193 e. The first kappa shape index (κ1) is 15.0. The van der Waals surface area contributed by atoms with Crippen molar-refractivity contribution in [2.45, 2.75) is 59.8 Å². The molecule has 0 saturated heterocycles. The molecule has 1 heteroatoms. The van der Waals surface area contributed by atoms with Gasteiger partial charge in [-0.25, -0.2) is 0 Å². The summed E-state index contributed by atoms with van der Waals surface area (Å²) < 4.78 is 0. The van der Waals surface area contributed by atoms with Gasteiger partial charge in [0.2, 0.25) is 0 Å². The van der Waals surface area contributed by atoms with Gasteiger partial charge in [0.25, 0.3) is 0 Å². The van der Waals surface area contributed by atoms with Crippen LogP contribution in [0.25, 0.3) is 0 Å². The Kier molecular flexibility index (Phi) is 9.18. The average Bonchev–Trinajstić information content (AvgIpc) is 2.26. The third-order valence-electron chi connectivity index (χ3n) is 3.76. The fourth-order valence-corrected chi connectivity index (χ4v) is 2.18. The van der Waals surface area contributed by atoms with Gasteiger partial charge in [-0.3, -0.25) is 0 Å². The van der Waals surface area contributed by atoms with Crippen molar-refractivity contribution in [1.82, 2.24) is 4.90 Å². The van der Waals surface area contributed by atoms with Gasteiger partial charge in [0.05, 0.1) is 0 Å². The first-order valence-corrected chi connectivity index (χ1v) is 6.84. The van der Waals surface area contributed by atoms with Crippen LogP contribution in [0.5, 0.6) is 0 Å². The Labute approximate surface area is 97.2 Å². The molecule has 0 aromatic rings. The molecule has 0 fully saturated rings. The van der Waals surface area contributed by atoms with Crippen molar-refractivity contribution in [3.8, 4) is 0 Å². The van der Waals surface area contributed by atoms with E-state index in [0.29, 0.717) is 0 Å². The topological polar surface area (TPSA) is 3.24 Å². The first-order valence-electron chi connectivity index (χ1n) is 6.84. The molecule has 1 nitrogen and oxygen atoms in total. The second kappa shape index (κ2) is 9.21. The highest BCUT2D eigenvalue weighted by Crippen LogP contribution is 2.24. The lowest BCUT2D eigenvalue weighted by molar-refractivity contribution is 0.254. The zero-order chi connectivity index (χ0) is 11.7. The lowest BCUT2D eigenvalue weighted by atomic mass is 9.85. The summed E-state index contributed by atoms with van der Waals surface area (Å²) in [5, 5.41) is 0. The van der Waals surface area contributed by atoms with Gasteiger partial charge in [-0.2, -0.15) is 0 Å². The summed E-state index contributed by atoms with van der Waals surface area (Å²) in [6.45, 7) is 11.8. The maximum absolute atomic E-state index is 2.44. The van der Waals surface area contributed by atoms with Gasteiger partial charge in [-0.15, -0.1) is 0 Å². The molecule has 0 rings (SSSR count). The minimum atomic E-state index is 0.899. The maximum atomic E-state index is 2.44. The van der Waals surface area contributed by atoms with E-state index in [1.807, 2.05) is 0 Å². The Morgan fingerprint density at radius 3 is 2.20 bits per heavy atom. The van der Waals surface area contributed by atoms with Gasteiger partial charge in [0.15, 0.2) is 0 Å². The Morgan fingerprint density at radius 2 is 1.73 bits per heavy atom. The first-order chi connectivity index (χ1) is 7.15. The molecule has 0 spiro atoms. The van der Waals surface area contributed by atoms with E-state index in [9.17, 15) is 0 Å². The van der Waals surface area contributed by atoms with Crippen LogP contribution in [0.4, 0.5) is 0 Å². The summed E-state index contributed by atoms with van der Waals surface area (Å²) in [5.74, 6) is 1.85. The molecule has 0 aliphatic carbocycles. The lowest BCUT2D eigenvalue weighted by Crippen LogP contribution is -2.23. The third-order valence-corrected chi connectivity index (χ3v) is 3.76. The molecule has 0 aliphatic rings. The van der Waals surface area contributed by atoms with Crippen LogP contribution < -0.4 is 0 Å². The number of unbranched alkanes of at least 4 members (excludes halogenated alkanes) is 1. The van der Waals surface area contributed by atoms with E-state index >= 15 is 0 Å². The van der Waals surface area contributed by atoms with Crippen molar-refractivity contribution in [2.24, 2.45) is 11.8 Å². The van der Waals surface area contributed by atoms with Crippen molar-refractivity contribution < 1.29 is 0 Å². The van der Waals surface area contributed by atoms with Crippen LogP contribution in [0.15, 0.2) is 0 Å². The van der Waals surface area contributed by atoms with E-state index in [4.69, 9.17) is 0 Å². The zero-order valence-electron chi connectivity index (χ0n) is 11.6. The van der Waals surface area contributed by atoms with E-state index in [1.54, 1.807) is 0 Å². The number of hydrogen-bond acceptors (Lipinski definition) is 1. The number of hydrogen-bond donors (Lipinski definition) is 0.